The molecule has 0 aliphatic carbocycles. The molecule has 6 heteroatoms. The number of anilines is 3. The second-order valence-electron chi connectivity index (χ2n) is 6.38. The minimum Gasteiger partial charge on any atom is -0.497 e. The first-order valence-electron chi connectivity index (χ1n) is 8.58. The molecule has 0 atom stereocenters. The molecule has 3 rings (SSSR count). The molecule has 2 aromatic carbocycles. The first-order valence-corrected chi connectivity index (χ1v) is 8.58. The van der Waals surface area contributed by atoms with Gasteiger partial charge in [0.25, 0.3) is 5.91 Å². The van der Waals surface area contributed by atoms with E-state index in [2.05, 4.69) is 39.7 Å². The molecule has 0 fully saturated rings. The summed E-state index contributed by atoms with van der Waals surface area (Å²) in [6.45, 7) is 6.15. The lowest BCUT2D eigenvalue weighted by Crippen LogP contribution is -2.13. The number of methoxy groups -OCH3 is 1. The minimum absolute atomic E-state index is 0.269. The highest BCUT2D eigenvalue weighted by Gasteiger charge is 2.10. The number of hydrogen-bond acceptors (Lipinski definition) is 5. The summed E-state index contributed by atoms with van der Waals surface area (Å²) >= 11 is 0. The van der Waals surface area contributed by atoms with E-state index in [4.69, 9.17) is 4.74 Å². The fourth-order valence-corrected chi connectivity index (χ4v) is 2.88. The normalized spacial score (nSPS) is 10.4. The molecule has 2 N–H and O–H groups in total. The molecule has 0 saturated heterocycles. The Balaban J connectivity index is 1.70. The first-order chi connectivity index (χ1) is 13.0. The Hall–Kier alpha value is -3.41. The van der Waals surface area contributed by atoms with Gasteiger partial charge in [0.2, 0.25) is 5.95 Å². The van der Waals surface area contributed by atoms with Gasteiger partial charge in [-0.15, -0.1) is 0 Å². The van der Waals surface area contributed by atoms with Crippen LogP contribution in [0.15, 0.2) is 48.8 Å². The number of ether oxygens (including phenoxy) is 1. The number of amides is 1. The lowest BCUT2D eigenvalue weighted by molar-refractivity contribution is 0.102. The van der Waals surface area contributed by atoms with Crippen molar-refractivity contribution in [2.24, 2.45) is 0 Å². The molecule has 1 aromatic heterocycles. The van der Waals surface area contributed by atoms with E-state index in [9.17, 15) is 4.79 Å². The van der Waals surface area contributed by atoms with Gasteiger partial charge in [0.1, 0.15) is 5.75 Å². The fourth-order valence-electron chi connectivity index (χ4n) is 2.88. The third-order valence-corrected chi connectivity index (χ3v) is 4.18. The molecule has 0 radical (unpaired) electrons. The van der Waals surface area contributed by atoms with Gasteiger partial charge in [-0.2, -0.15) is 0 Å². The second-order valence-corrected chi connectivity index (χ2v) is 6.38. The van der Waals surface area contributed by atoms with E-state index in [1.54, 1.807) is 31.4 Å². The number of carbonyl (C=O) groups is 1. The lowest BCUT2D eigenvalue weighted by atomic mass is 10.1. The van der Waals surface area contributed by atoms with Crippen LogP contribution in [0.2, 0.25) is 0 Å². The van der Waals surface area contributed by atoms with Gasteiger partial charge in [0, 0.05) is 23.8 Å². The van der Waals surface area contributed by atoms with Gasteiger partial charge < -0.3 is 15.4 Å². The molecule has 0 bridgehead atoms. The zero-order chi connectivity index (χ0) is 19.4. The van der Waals surface area contributed by atoms with Crippen molar-refractivity contribution in [1.29, 1.82) is 0 Å². The van der Waals surface area contributed by atoms with Gasteiger partial charge in [-0.25, -0.2) is 9.97 Å². The van der Waals surface area contributed by atoms with Crippen LogP contribution in [0.4, 0.5) is 17.3 Å². The summed E-state index contributed by atoms with van der Waals surface area (Å²) in [7, 11) is 1.60. The third-order valence-electron chi connectivity index (χ3n) is 4.18. The van der Waals surface area contributed by atoms with E-state index in [0.717, 1.165) is 22.6 Å². The number of carbonyl (C=O) groups excluding carboxylic acids is 1. The molecule has 0 saturated carbocycles. The van der Waals surface area contributed by atoms with Crippen LogP contribution in [0.1, 0.15) is 27.0 Å². The number of nitrogens with zero attached hydrogens (tertiary/aromatic N) is 2. The number of aryl methyl sites for hydroxylation is 3. The molecule has 1 heterocycles. The highest BCUT2D eigenvalue weighted by molar-refractivity contribution is 6.03. The molecule has 27 heavy (non-hydrogen) atoms. The summed E-state index contributed by atoms with van der Waals surface area (Å²) in [6.07, 6.45) is 3.01. The van der Waals surface area contributed by atoms with Crippen molar-refractivity contribution >= 4 is 23.2 Å². The number of benzene rings is 2. The van der Waals surface area contributed by atoms with Crippen LogP contribution in [0.5, 0.6) is 5.75 Å². The van der Waals surface area contributed by atoms with Crippen molar-refractivity contribution in [3.63, 3.8) is 0 Å². The maximum Gasteiger partial charge on any atom is 0.258 e. The molecule has 0 spiro atoms. The topological polar surface area (TPSA) is 76.1 Å². The summed E-state index contributed by atoms with van der Waals surface area (Å²) in [6, 6.07) is 11.3. The zero-order valence-corrected chi connectivity index (χ0v) is 15.8. The molecule has 0 aliphatic heterocycles. The van der Waals surface area contributed by atoms with Crippen molar-refractivity contribution in [2.45, 2.75) is 20.8 Å². The van der Waals surface area contributed by atoms with Gasteiger partial charge in [-0.1, -0.05) is 17.7 Å². The van der Waals surface area contributed by atoms with Gasteiger partial charge in [0.05, 0.1) is 12.7 Å². The third kappa shape index (κ3) is 4.41. The zero-order valence-electron chi connectivity index (χ0n) is 15.8. The van der Waals surface area contributed by atoms with Gasteiger partial charge in [-0.05, 0) is 56.2 Å². The average molecular weight is 362 g/mol. The summed E-state index contributed by atoms with van der Waals surface area (Å²) in [5, 5.41) is 6.04. The van der Waals surface area contributed by atoms with E-state index in [1.807, 2.05) is 13.8 Å². The summed E-state index contributed by atoms with van der Waals surface area (Å²) in [4.78, 5) is 20.9. The lowest BCUT2D eigenvalue weighted by Gasteiger charge is -2.12. The predicted octanol–water partition coefficient (Wildman–Crippen LogP) is 4.41. The van der Waals surface area contributed by atoms with Crippen LogP contribution < -0.4 is 15.4 Å². The van der Waals surface area contributed by atoms with Gasteiger partial charge in [-0.3, -0.25) is 4.79 Å². The molecule has 138 valence electrons. The standard InChI is InChI=1S/C21H22N4O2/c1-13-9-14(2)19(15(3)10-13)25-21-22-11-16(12-23-21)20(26)24-17-5-7-18(27-4)8-6-17/h5-12H,1-4H3,(H,24,26)(H,22,23,25). The molecule has 3 aromatic rings. The van der Waals surface area contributed by atoms with Crippen LogP contribution in [0.25, 0.3) is 0 Å². The van der Waals surface area contributed by atoms with E-state index in [0.29, 0.717) is 17.2 Å². The summed E-state index contributed by atoms with van der Waals surface area (Å²) in [5.41, 5.74) is 5.50. The molecular weight excluding hydrogens is 340 g/mol. The van der Waals surface area contributed by atoms with Crippen molar-refractivity contribution < 1.29 is 9.53 Å². The van der Waals surface area contributed by atoms with E-state index in [-0.39, 0.29) is 5.91 Å². The Morgan fingerprint density at radius 3 is 2.11 bits per heavy atom. The smallest absolute Gasteiger partial charge is 0.258 e. The van der Waals surface area contributed by atoms with E-state index >= 15 is 0 Å². The Kier molecular flexibility index (Phi) is 5.35. The quantitative estimate of drug-likeness (QED) is 0.703. The van der Waals surface area contributed by atoms with Crippen molar-refractivity contribution in [3.05, 3.63) is 71.0 Å². The highest BCUT2D eigenvalue weighted by Crippen LogP contribution is 2.24. The van der Waals surface area contributed by atoms with Crippen LogP contribution in [-0.2, 0) is 0 Å². The van der Waals surface area contributed by atoms with Crippen LogP contribution in [0.3, 0.4) is 0 Å². The average Bonchev–Trinajstić information content (AvgIpc) is 2.65. The van der Waals surface area contributed by atoms with Gasteiger partial charge in [0.15, 0.2) is 0 Å². The highest BCUT2D eigenvalue weighted by atomic mass is 16.5. The Morgan fingerprint density at radius 1 is 0.963 bits per heavy atom. The second kappa shape index (κ2) is 7.86. The SMILES string of the molecule is COc1ccc(NC(=O)c2cnc(Nc3c(C)cc(C)cc3C)nc2)cc1. The molecule has 0 aliphatic rings. The molecular formula is C21H22N4O2. The van der Waals surface area contributed by atoms with Crippen molar-refractivity contribution in [3.8, 4) is 5.75 Å². The Labute approximate surface area is 158 Å². The summed E-state index contributed by atoms with van der Waals surface area (Å²) < 4.78 is 5.10. The van der Waals surface area contributed by atoms with Crippen LogP contribution in [-0.4, -0.2) is 23.0 Å². The molecule has 1 amide bonds. The maximum atomic E-state index is 12.3. The summed E-state index contributed by atoms with van der Waals surface area (Å²) in [5.74, 6) is 0.911. The van der Waals surface area contributed by atoms with E-state index < -0.39 is 0 Å². The van der Waals surface area contributed by atoms with Crippen molar-refractivity contribution in [2.75, 3.05) is 17.7 Å². The first kappa shape index (κ1) is 18.4. The predicted molar refractivity (Wildman–Crippen MR) is 107 cm³/mol. The van der Waals surface area contributed by atoms with E-state index in [1.165, 1.54) is 18.0 Å². The number of hydrogen-bond donors (Lipinski definition) is 2. The molecule has 0 unspecified atom stereocenters. The maximum absolute atomic E-state index is 12.3. The fraction of sp³-hybridized carbons (Fsp3) is 0.190. The number of nitrogens with one attached hydrogen (secondary N) is 2. The molecule has 6 nitrogen and oxygen atoms in total. The number of aromatic nitrogens is 2. The monoisotopic (exact) mass is 362 g/mol. The van der Waals surface area contributed by atoms with Crippen LogP contribution in [0, 0.1) is 20.8 Å². The largest absolute Gasteiger partial charge is 0.497 e. The number of rotatable bonds is 5. The minimum atomic E-state index is -0.269. The Bertz CT molecular complexity index is 928. The Morgan fingerprint density at radius 2 is 1.56 bits per heavy atom. The van der Waals surface area contributed by atoms with Crippen molar-refractivity contribution in [1.82, 2.24) is 9.97 Å². The van der Waals surface area contributed by atoms with Crippen LogP contribution >= 0.6 is 0 Å². The van der Waals surface area contributed by atoms with Gasteiger partial charge >= 0.3 is 0 Å².